The fraction of sp³-hybridized carbons (Fsp3) is 0.400. The lowest BCUT2D eigenvalue weighted by atomic mass is 10.1. The van der Waals surface area contributed by atoms with Gasteiger partial charge in [-0.2, -0.15) is 5.10 Å². The van der Waals surface area contributed by atoms with Crippen LogP contribution in [0.2, 0.25) is 0 Å². The molecule has 0 spiro atoms. The van der Waals surface area contributed by atoms with Crippen molar-refractivity contribution in [2.75, 3.05) is 11.4 Å². The molecule has 0 saturated carbocycles. The molecule has 0 aliphatic carbocycles. The Morgan fingerprint density at radius 3 is 2.68 bits per heavy atom. The summed E-state index contributed by atoms with van der Waals surface area (Å²) in [6.07, 6.45) is 7.58. The Labute approximate surface area is 164 Å². The van der Waals surface area contributed by atoms with E-state index in [1.807, 2.05) is 12.1 Å². The van der Waals surface area contributed by atoms with Crippen molar-refractivity contribution in [3.05, 3.63) is 36.8 Å². The van der Waals surface area contributed by atoms with E-state index in [0.717, 1.165) is 36.3 Å². The number of nitrogens with zero attached hydrogens (tertiary/aromatic N) is 5. The highest BCUT2D eigenvalue weighted by atomic mass is 16.3. The number of aromatic nitrogens is 5. The van der Waals surface area contributed by atoms with Gasteiger partial charge in [0.05, 0.1) is 12.4 Å². The second-order valence-corrected chi connectivity index (χ2v) is 8.10. The van der Waals surface area contributed by atoms with E-state index in [4.69, 9.17) is 0 Å². The van der Waals surface area contributed by atoms with Gasteiger partial charge in [0.15, 0.2) is 5.82 Å². The lowest BCUT2D eigenvalue weighted by Gasteiger charge is -2.32. The van der Waals surface area contributed by atoms with E-state index in [0.29, 0.717) is 11.4 Å². The van der Waals surface area contributed by atoms with Crippen LogP contribution in [0.1, 0.15) is 33.6 Å². The van der Waals surface area contributed by atoms with Gasteiger partial charge in [-0.3, -0.25) is 10.4 Å². The predicted octanol–water partition coefficient (Wildman–Crippen LogP) is 2.95. The van der Waals surface area contributed by atoms with E-state index in [-0.39, 0.29) is 17.5 Å². The maximum absolute atomic E-state index is 10.4. The summed E-state index contributed by atoms with van der Waals surface area (Å²) in [4.78, 5) is 6.62. The molecule has 1 aliphatic rings. The molecule has 28 heavy (non-hydrogen) atoms. The van der Waals surface area contributed by atoms with Crippen LogP contribution in [0.5, 0.6) is 5.75 Å². The Kier molecular flexibility index (Phi) is 4.72. The second-order valence-electron chi connectivity index (χ2n) is 8.10. The molecule has 8 heteroatoms. The molecule has 1 fully saturated rings. The molecule has 1 aliphatic heterocycles. The predicted molar refractivity (Wildman–Crippen MR) is 108 cm³/mol. The Morgan fingerprint density at radius 1 is 1.18 bits per heavy atom. The second kappa shape index (κ2) is 7.20. The molecule has 146 valence electrons. The van der Waals surface area contributed by atoms with Crippen LogP contribution in [-0.2, 0) is 0 Å². The Balaban J connectivity index is 1.55. The summed E-state index contributed by atoms with van der Waals surface area (Å²) in [5.41, 5.74) is 2.64. The molecule has 4 rings (SSSR count). The minimum Gasteiger partial charge on any atom is -0.506 e. The van der Waals surface area contributed by atoms with Gasteiger partial charge in [-0.1, -0.05) is 0 Å². The lowest BCUT2D eigenvalue weighted by Crippen LogP contribution is -2.50. The largest absolute Gasteiger partial charge is 0.506 e. The van der Waals surface area contributed by atoms with Crippen LogP contribution in [0.15, 0.2) is 36.8 Å². The van der Waals surface area contributed by atoms with E-state index in [1.54, 1.807) is 24.7 Å². The van der Waals surface area contributed by atoms with Gasteiger partial charge in [-0.05, 0) is 51.8 Å². The lowest BCUT2D eigenvalue weighted by molar-refractivity contribution is 0.361. The van der Waals surface area contributed by atoms with Gasteiger partial charge in [0.2, 0.25) is 0 Å². The highest BCUT2D eigenvalue weighted by Gasteiger charge is 2.29. The molecule has 1 atom stereocenters. The van der Waals surface area contributed by atoms with E-state index in [2.05, 4.69) is 56.4 Å². The fourth-order valence-electron chi connectivity index (χ4n) is 3.51. The number of hydrogen-bond donors (Lipinski definition) is 3. The molecule has 0 amide bonds. The molecule has 8 nitrogen and oxygen atoms in total. The van der Waals surface area contributed by atoms with Gasteiger partial charge in [0.25, 0.3) is 0 Å². The van der Waals surface area contributed by atoms with Gasteiger partial charge >= 0.3 is 0 Å². The highest BCUT2D eigenvalue weighted by Crippen LogP contribution is 2.31. The molecular weight excluding hydrogens is 354 g/mol. The van der Waals surface area contributed by atoms with Crippen LogP contribution >= 0.6 is 0 Å². The molecule has 1 unspecified atom stereocenters. The summed E-state index contributed by atoms with van der Waals surface area (Å²) < 4.78 is 0. The van der Waals surface area contributed by atoms with Gasteiger partial charge in [-0.15, -0.1) is 10.2 Å². The van der Waals surface area contributed by atoms with Crippen molar-refractivity contribution >= 4 is 5.82 Å². The SMILES string of the molecule is CC(C)(C)NC1CCCN1c1ccc(-c2ncc(-c3cn[nH]c3)cc2O)nn1. The third-order valence-electron chi connectivity index (χ3n) is 4.74. The molecule has 4 heterocycles. The average molecular weight is 379 g/mol. The van der Waals surface area contributed by atoms with Crippen LogP contribution in [-0.4, -0.2) is 48.7 Å². The van der Waals surface area contributed by atoms with Gasteiger partial charge < -0.3 is 10.0 Å². The molecule has 0 radical (unpaired) electrons. The molecule has 3 aromatic rings. The zero-order valence-corrected chi connectivity index (χ0v) is 16.3. The third kappa shape index (κ3) is 3.82. The van der Waals surface area contributed by atoms with E-state index >= 15 is 0 Å². The Hall–Kier alpha value is -3.00. The molecule has 0 bridgehead atoms. The maximum atomic E-state index is 10.4. The molecule has 3 N–H and O–H groups in total. The van der Waals surface area contributed by atoms with Crippen molar-refractivity contribution in [3.8, 4) is 28.3 Å². The van der Waals surface area contributed by atoms with E-state index < -0.39 is 0 Å². The molecule has 0 aromatic carbocycles. The number of nitrogens with one attached hydrogen (secondary N) is 2. The minimum atomic E-state index is 0.0348. The topological polar surface area (TPSA) is 103 Å². The summed E-state index contributed by atoms with van der Waals surface area (Å²) in [7, 11) is 0. The molecule has 1 saturated heterocycles. The van der Waals surface area contributed by atoms with E-state index in [1.165, 1.54) is 0 Å². The zero-order chi connectivity index (χ0) is 19.7. The highest BCUT2D eigenvalue weighted by molar-refractivity contribution is 5.69. The van der Waals surface area contributed by atoms with Crippen LogP contribution < -0.4 is 10.2 Å². The normalized spacial score (nSPS) is 17.2. The standard InChI is InChI=1S/C20H25N7O/c1-20(2,3)24-17-5-4-8-27(17)18-7-6-15(25-26-18)19-16(28)9-13(10-21-19)14-11-22-23-12-14/h6-7,9-12,17,24,28H,4-5,8H2,1-3H3,(H,22,23). The minimum absolute atomic E-state index is 0.0348. The van der Waals surface area contributed by atoms with Crippen molar-refractivity contribution in [2.45, 2.75) is 45.3 Å². The number of anilines is 1. The van der Waals surface area contributed by atoms with Crippen molar-refractivity contribution in [3.63, 3.8) is 0 Å². The number of pyridine rings is 1. The number of aromatic amines is 1. The smallest absolute Gasteiger partial charge is 0.152 e. The van der Waals surface area contributed by atoms with Gasteiger partial charge in [0.1, 0.15) is 17.1 Å². The number of H-pyrrole nitrogens is 1. The summed E-state index contributed by atoms with van der Waals surface area (Å²) >= 11 is 0. The average Bonchev–Trinajstić information content (AvgIpc) is 3.32. The third-order valence-corrected chi connectivity index (χ3v) is 4.74. The molecule has 3 aromatic heterocycles. The van der Waals surface area contributed by atoms with Crippen molar-refractivity contribution in [2.24, 2.45) is 0 Å². The Morgan fingerprint density at radius 2 is 2.04 bits per heavy atom. The van der Waals surface area contributed by atoms with Crippen LogP contribution in [0.25, 0.3) is 22.5 Å². The van der Waals surface area contributed by atoms with Gasteiger partial charge in [0, 0.05) is 35.6 Å². The fourth-order valence-corrected chi connectivity index (χ4v) is 3.51. The number of hydrogen-bond acceptors (Lipinski definition) is 7. The number of rotatable bonds is 4. The van der Waals surface area contributed by atoms with Crippen LogP contribution in [0.4, 0.5) is 5.82 Å². The van der Waals surface area contributed by atoms with Crippen molar-refractivity contribution in [1.82, 2.24) is 30.7 Å². The quantitative estimate of drug-likeness (QED) is 0.640. The Bertz CT molecular complexity index is 932. The van der Waals surface area contributed by atoms with E-state index in [9.17, 15) is 5.11 Å². The monoisotopic (exact) mass is 379 g/mol. The first-order valence-electron chi connectivity index (χ1n) is 9.47. The summed E-state index contributed by atoms with van der Waals surface area (Å²) in [6.45, 7) is 7.45. The van der Waals surface area contributed by atoms with Crippen molar-refractivity contribution in [1.29, 1.82) is 0 Å². The first kappa shape index (κ1) is 18.4. The first-order chi connectivity index (χ1) is 13.4. The van der Waals surface area contributed by atoms with Gasteiger partial charge in [-0.25, -0.2) is 4.98 Å². The number of aromatic hydroxyl groups is 1. The van der Waals surface area contributed by atoms with Crippen LogP contribution in [0.3, 0.4) is 0 Å². The summed E-state index contributed by atoms with van der Waals surface area (Å²) in [5, 5.41) is 29.4. The zero-order valence-electron chi connectivity index (χ0n) is 16.3. The first-order valence-corrected chi connectivity index (χ1v) is 9.47. The maximum Gasteiger partial charge on any atom is 0.152 e. The summed E-state index contributed by atoms with van der Waals surface area (Å²) in [5.74, 6) is 0.895. The van der Waals surface area contributed by atoms with Crippen LogP contribution in [0, 0.1) is 0 Å². The van der Waals surface area contributed by atoms with Crippen molar-refractivity contribution < 1.29 is 5.11 Å². The summed E-state index contributed by atoms with van der Waals surface area (Å²) in [6, 6.07) is 5.46. The molecular formula is C20H25N7O.